The molecule has 0 aromatic carbocycles. The smallest absolute Gasteiger partial charge is 0.268 e. The number of rotatable bonds is 4. The molecular formula is C16H18N4OS2. The first-order valence-electron chi connectivity index (χ1n) is 7.71. The average Bonchev–Trinajstić information content (AvgIpc) is 3.21. The molecule has 0 atom stereocenters. The lowest BCUT2D eigenvalue weighted by Gasteiger charge is -2.34. The van der Waals surface area contributed by atoms with Gasteiger partial charge in [-0.05, 0) is 22.9 Å². The van der Waals surface area contributed by atoms with Crippen LogP contribution in [0, 0.1) is 0 Å². The van der Waals surface area contributed by atoms with Gasteiger partial charge in [0, 0.05) is 37.6 Å². The van der Waals surface area contributed by atoms with E-state index in [1.807, 2.05) is 22.8 Å². The second kappa shape index (κ2) is 6.52. The minimum atomic E-state index is -0.0173. The lowest BCUT2D eigenvalue weighted by Crippen LogP contribution is -2.45. The topological polar surface area (TPSA) is 52.2 Å². The highest BCUT2D eigenvalue weighted by Crippen LogP contribution is 2.16. The number of nitrogens with one attached hydrogen (secondary N) is 1. The molecule has 1 aliphatic heterocycles. The van der Waals surface area contributed by atoms with Crippen molar-refractivity contribution >= 4 is 32.9 Å². The van der Waals surface area contributed by atoms with Gasteiger partial charge in [0.25, 0.3) is 5.56 Å². The van der Waals surface area contributed by atoms with Gasteiger partial charge in [-0.1, -0.05) is 6.07 Å². The SMILES string of the molecule is O=c1[nH]c(CN2CCN(Cc3cccs3)CC2)nc2ccsc12. The van der Waals surface area contributed by atoms with Crippen molar-refractivity contribution in [3.05, 3.63) is 50.0 Å². The number of hydrogen-bond donors (Lipinski definition) is 1. The van der Waals surface area contributed by atoms with Crippen molar-refractivity contribution in [1.29, 1.82) is 0 Å². The van der Waals surface area contributed by atoms with Crippen LogP contribution in [-0.4, -0.2) is 45.9 Å². The fraction of sp³-hybridized carbons (Fsp3) is 0.375. The second-order valence-electron chi connectivity index (χ2n) is 5.78. The molecule has 23 heavy (non-hydrogen) atoms. The maximum atomic E-state index is 12.0. The van der Waals surface area contributed by atoms with Gasteiger partial charge in [-0.25, -0.2) is 4.98 Å². The Bertz CT molecular complexity index is 831. The summed E-state index contributed by atoms with van der Waals surface area (Å²) in [5, 5.41) is 4.05. The Hall–Kier alpha value is -1.54. The highest BCUT2D eigenvalue weighted by molar-refractivity contribution is 7.17. The Labute approximate surface area is 142 Å². The first kappa shape index (κ1) is 15.0. The van der Waals surface area contributed by atoms with E-state index in [2.05, 4.69) is 37.3 Å². The van der Waals surface area contributed by atoms with Gasteiger partial charge in [0.05, 0.1) is 12.1 Å². The van der Waals surface area contributed by atoms with Gasteiger partial charge in [0.2, 0.25) is 0 Å². The fourth-order valence-electron chi connectivity index (χ4n) is 2.94. The summed E-state index contributed by atoms with van der Waals surface area (Å²) < 4.78 is 0.717. The molecular weight excluding hydrogens is 328 g/mol. The van der Waals surface area contributed by atoms with Crippen molar-refractivity contribution in [2.45, 2.75) is 13.1 Å². The fourth-order valence-corrected chi connectivity index (χ4v) is 4.41. The van der Waals surface area contributed by atoms with E-state index in [4.69, 9.17) is 0 Å². The van der Waals surface area contributed by atoms with Gasteiger partial charge >= 0.3 is 0 Å². The molecule has 3 aromatic heterocycles. The monoisotopic (exact) mass is 346 g/mol. The number of H-pyrrole nitrogens is 1. The second-order valence-corrected chi connectivity index (χ2v) is 7.73. The summed E-state index contributed by atoms with van der Waals surface area (Å²) in [6, 6.07) is 6.22. The molecule has 0 unspecified atom stereocenters. The van der Waals surface area contributed by atoms with E-state index in [0.29, 0.717) is 6.54 Å². The molecule has 1 aliphatic rings. The molecule has 7 heteroatoms. The van der Waals surface area contributed by atoms with Crippen LogP contribution in [0.4, 0.5) is 0 Å². The van der Waals surface area contributed by atoms with Gasteiger partial charge in [0.1, 0.15) is 10.5 Å². The molecule has 1 saturated heterocycles. The summed E-state index contributed by atoms with van der Waals surface area (Å²) in [7, 11) is 0. The highest BCUT2D eigenvalue weighted by atomic mass is 32.1. The summed E-state index contributed by atoms with van der Waals surface area (Å²) in [5.41, 5.74) is 0.793. The molecule has 4 heterocycles. The van der Waals surface area contributed by atoms with Crippen molar-refractivity contribution in [3.8, 4) is 0 Å². The summed E-state index contributed by atoms with van der Waals surface area (Å²) in [6.07, 6.45) is 0. The van der Waals surface area contributed by atoms with Crippen molar-refractivity contribution in [2.75, 3.05) is 26.2 Å². The summed E-state index contributed by atoms with van der Waals surface area (Å²) in [5.74, 6) is 0.771. The summed E-state index contributed by atoms with van der Waals surface area (Å²) in [6.45, 7) is 5.90. The number of thiophene rings is 2. The van der Waals surface area contributed by atoms with Crippen LogP contribution < -0.4 is 5.56 Å². The van der Waals surface area contributed by atoms with Gasteiger partial charge in [-0.3, -0.25) is 14.6 Å². The third-order valence-electron chi connectivity index (χ3n) is 4.16. The summed E-state index contributed by atoms with van der Waals surface area (Å²) in [4.78, 5) is 25.8. The number of hydrogen-bond acceptors (Lipinski definition) is 6. The van der Waals surface area contributed by atoms with Crippen molar-refractivity contribution in [2.24, 2.45) is 0 Å². The Kier molecular flexibility index (Phi) is 4.26. The minimum absolute atomic E-state index is 0.0173. The highest BCUT2D eigenvalue weighted by Gasteiger charge is 2.18. The van der Waals surface area contributed by atoms with E-state index in [1.165, 1.54) is 16.2 Å². The van der Waals surface area contributed by atoms with Crippen LogP contribution in [0.3, 0.4) is 0 Å². The molecule has 0 aliphatic carbocycles. The normalized spacial score (nSPS) is 17.0. The number of piperazine rings is 1. The van der Waals surface area contributed by atoms with E-state index < -0.39 is 0 Å². The zero-order chi connectivity index (χ0) is 15.6. The van der Waals surface area contributed by atoms with Gasteiger partial charge in [-0.2, -0.15) is 0 Å². The Morgan fingerprint density at radius 3 is 2.57 bits per heavy atom. The molecule has 3 aromatic rings. The molecule has 1 N–H and O–H groups in total. The number of nitrogens with zero attached hydrogens (tertiary/aromatic N) is 3. The molecule has 5 nitrogen and oxygen atoms in total. The van der Waals surface area contributed by atoms with Crippen molar-refractivity contribution in [1.82, 2.24) is 19.8 Å². The quantitative estimate of drug-likeness (QED) is 0.788. The zero-order valence-electron chi connectivity index (χ0n) is 12.7. The van der Waals surface area contributed by atoms with Gasteiger partial charge in [0.15, 0.2) is 0 Å². The summed E-state index contributed by atoms with van der Waals surface area (Å²) >= 11 is 3.26. The zero-order valence-corrected chi connectivity index (χ0v) is 14.3. The van der Waals surface area contributed by atoms with Crippen molar-refractivity contribution in [3.63, 3.8) is 0 Å². The van der Waals surface area contributed by atoms with Crippen LogP contribution in [0.2, 0.25) is 0 Å². The average molecular weight is 346 g/mol. The molecule has 120 valence electrons. The third-order valence-corrected chi connectivity index (χ3v) is 5.93. The first-order valence-corrected chi connectivity index (χ1v) is 9.47. The number of aromatic nitrogens is 2. The predicted octanol–water partition coefficient (Wildman–Crippen LogP) is 2.36. The number of aromatic amines is 1. The molecule has 0 bridgehead atoms. The lowest BCUT2D eigenvalue weighted by atomic mass is 10.3. The van der Waals surface area contributed by atoms with Crippen LogP contribution in [0.1, 0.15) is 10.7 Å². The van der Waals surface area contributed by atoms with E-state index in [9.17, 15) is 4.79 Å². The molecule has 1 fully saturated rings. The van der Waals surface area contributed by atoms with Crippen LogP contribution in [-0.2, 0) is 13.1 Å². The molecule has 0 saturated carbocycles. The number of fused-ring (bicyclic) bond motifs is 1. The van der Waals surface area contributed by atoms with E-state index in [-0.39, 0.29) is 5.56 Å². The predicted molar refractivity (Wildman–Crippen MR) is 95.1 cm³/mol. The van der Waals surface area contributed by atoms with E-state index >= 15 is 0 Å². The Morgan fingerprint density at radius 1 is 1.04 bits per heavy atom. The molecule has 0 spiro atoms. The Balaban J connectivity index is 1.37. The molecule has 0 radical (unpaired) electrons. The van der Waals surface area contributed by atoms with Crippen LogP contribution >= 0.6 is 22.7 Å². The molecule has 4 rings (SSSR count). The molecule has 0 amide bonds. The third kappa shape index (κ3) is 3.37. The van der Waals surface area contributed by atoms with Crippen LogP contribution in [0.25, 0.3) is 10.2 Å². The van der Waals surface area contributed by atoms with Crippen molar-refractivity contribution < 1.29 is 0 Å². The van der Waals surface area contributed by atoms with E-state index in [1.54, 1.807) is 0 Å². The maximum Gasteiger partial charge on any atom is 0.268 e. The van der Waals surface area contributed by atoms with Crippen LogP contribution in [0.15, 0.2) is 33.8 Å². The van der Waals surface area contributed by atoms with Gasteiger partial charge in [-0.15, -0.1) is 22.7 Å². The Morgan fingerprint density at radius 2 is 1.83 bits per heavy atom. The van der Waals surface area contributed by atoms with Crippen LogP contribution in [0.5, 0.6) is 0 Å². The maximum absolute atomic E-state index is 12.0. The van der Waals surface area contributed by atoms with Gasteiger partial charge < -0.3 is 4.98 Å². The lowest BCUT2D eigenvalue weighted by molar-refractivity contribution is 0.120. The standard InChI is InChI=1S/C16H18N4OS2/c21-16-15-13(3-9-23-15)17-14(18-16)11-20-6-4-19(5-7-20)10-12-2-1-8-22-12/h1-3,8-9H,4-7,10-11H2,(H,17,18,21). The first-order chi connectivity index (χ1) is 11.3. The largest absolute Gasteiger partial charge is 0.308 e. The minimum Gasteiger partial charge on any atom is -0.308 e. The van der Waals surface area contributed by atoms with E-state index in [0.717, 1.165) is 48.8 Å².